The van der Waals surface area contributed by atoms with Gasteiger partial charge < -0.3 is 9.64 Å². The maximum atomic E-state index is 15.6. The van der Waals surface area contributed by atoms with Gasteiger partial charge in [-0.2, -0.15) is 0 Å². The fourth-order valence-corrected chi connectivity index (χ4v) is 3.54. The molecule has 1 aromatic rings. The molecule has 6 heteroatoms. The van der Waals surface area contributed by atoms with Crippen LogP contribution in [0.25, 0.3) is 0 Å². The number of hydrogen-bond acceptors (Lipinski definition) is 3. The molecule has 1 amide bonds. The summed E-state index contributed by atoms with van der Waals surface area (Å²) in [6, 6.07) is 5.19. The van der Waals surface area contributed by atoms with Crippen LogP contribution in [0.3, 0.4) is 0 Å². The number of rotatable bonds is 0. The number of likely N-dealkylation sites (N-methyl/N-ethyl adjacent to an activating group) is 1. The van der Waals surface area contributed by atoms with Gasteiger partial charge in [0.25, 0.3) is 0 Å². The van der Waals surface area contributed by atoms with Gasteiger partial charge >= 0.3 is 6.09 Å². The second-order valence-electron chi connectivity index (χ2n) is 6.93. The standard InChI is InChI=1S/C16H20ClFN2O2/c1-15(2,3)22-14(21)20-8-7-16(18)11-9-10(17)5-6-12(11)19(4)13(16)20/h5-6,9,13H,7-8H2,1-4H3/t13-,16+/m0/s1. The van der Waals surface area contributed by atoms with E-state index in [9.17, 15) is 4.79 Å². The predicted octanol–water partition coefficient (Wildman–Crippen LogP) is 3.92. The fraction of sp³-hybridized carbons (Fsp3) is 0.562. The molecule has 0 spiro atoms. The van der Waals surface area contributed by atoms with Crippen molar-refractivity contribution in [3.05, 3.63) is 28.8 Å². The molecule has 4 nitrogen and oxygen atoms in total. The number of anilines is 1. The van der Waals surface area contributed by atoms with Crippen LogP contribution in [0.2, 0.25) is 5.02 Å². The first kappa shape index (κ1) is 15.4. The molecule has 0 aromatic heterocycles. The topological polar surface area (TPSA) is 32.8 Å². The summed E-state index contributed by atoms with van der Waals surface area (Å²) < 4.78 is 21.0. The van der Waals surface area contributed by atoms with E-state index in [-0.39, 0.29) is 6.42 Å². The van der Waals surface area contributed by atoms with Crippen LogP contribution in [0.4, 0.5) is 14.9 Å². The van der Waals surface area contributed by atoms with Gasteiger partial charge in [0.1, 0.15) is 11.8 Å². The van der Waals surface area contributed by atoms with Crippen LogP contribution in [0.1, 0.15) is 32.8 Å². The Bertz CT molecular complexity index is 631. The molecule has 0 bridgehead atoms. The van der Waals surface area contributed by atoms with E-state index in [1.165, 1.54) is 4.90 Å². The lowest BCUT2D eigenvalue weighted by Crippen LogP contribution is -2.50. The Labute approximate surface area is 134 Å². The van der Waals surface area contributed by atoms with E-state index in [4.69, 9.17) is 16.3 Å². The molecule has 2 heterocycles. The number of ether oxygens (including phenoxy) is 1. The molecule has 1 aromatic carbocycles. The van der Waals surface area contributed by atoms with E-state index in [0.717, 1.165) is 5.69 Å². The molecule has 0 unspecified atom stereocenters. The first-order valence-corrected chi connectivity index (χ1v) is 7.73. The van der Waals surface area contributed by atoms with Gasteiger partial charge in [-0.1, -0.05) is 11.6 Å². The van der Waals surface area contributed by atoms with E-state index in [1.54, 1.807) is 50.9 Å². The van der Waals surface area contributed by atoms with E-state index >= 15 is 4.39 Å². The lowest BCUT2D eigenvalue weighted by Gasteiger charge is -2.33. The Morgan fingerprint density at radius 1 is 1.45 bits per heavy atom. The number of amides is 1. The van der Waals surface area contributed by atoms with Crippen LogP contribution in [-0.2, 0) is 10.4 Å². The van der Waals surface area contributed by atoms with Gasteiger partial charge in [0.05, 0.1) is 0 Å². The molecule has 1 saturated heterocycles. The van der Waals surface area contributed by atoms with Crippen molar-refractivity contribution in [1.82, 2.24) is 4.90 Å². The maximum absolute atomic E-state index is 15.6. The summed E-state index contributed by atoms with van der Waals surface area (Å²) in [5, 5.41) is 0.501. The first-order valence-electron chi connectivity index (χ1n) is 7.35. The van der Waals surface area contributed by atoms with Crippen LogP contribution in [0, 0.1) is 0 Å². The quantitative estimate of drug-likeness (QED) is 0.724. The summed E-state index contributed by atoms with van der Waals surface area (Å²) in [7, 11) is 1.79. The Hall–Kier alpha value is -1.49. The number of hydrogen-bond donors (Lipinski definition) is 0. The van der Waals surface area contributed by atoms with Crippen molar-refractivity contribution in [3.8, 4) is 0 Å². The van der Waals surface area contributed by atoms with Crippen molar-refractivity contribution in [1.29, 1.82) is 0 Å². The van der Waals surface area contributed by atoms with Gasteiger partial charge in [0, 0.05) is 36.3 Å². The highest BCUT2D eigenvalue weighted by Crippen LogP contribution is 2.53. The fourth-order valence-electron chi connectivity index (χ4n) is 3.36. The Kier molecular flexibility index (Phi) is 3.33. The number of halogens is 2. The molecule has 22 heavy (non-hydrogen) atoms. The number of benzene rings is 1. The number of carbonyl (C=O) groups is 1. The zero-order valence-electron chi connectivity index (χ0n) is 13.2. The van der Waals surface area contributed by atoms with Crippen molar-refractivity contribution >= 4 is 23.4 Å². The smallest absolute Gasteiger partial charge is 0.412 e. The molecular formula is C16H20ClFN2O2. The lowest BCUT2D eigenvalue weighted by molar-refractivity contribution is 0.0139. The number of likely N-dealkylation sites (tertiary alicyclic amines) is 1. The minimum Gasteiger partial charge on any atom is -0.444 e. The van der Waals surface area contributed by atoms with Gasteiger partial charge in [-0.3, -0.25) is 4.90 Å². The number of nitrogens with zero attached hydrogens (tertiary/aromatic N) is 2. The molecule has 2 atom stereocenters. The van der Waals surface area contributed by atoms with Crippen molar-refractivity contribution in [3.63, 3.8) is 0 Å². The van der Waals surface area contributed by atoms with Crippen molar-refractivity contribution in [2.24, 2.45) is 0 Å². The Morgan fingerprint density at radius 2 is 2.14 bits per heavy atom. The largest absolute Gasteiger partial charge is 0.444 e. The summed E-state index contributed by atoms with van der Waals surface area (Å²) >= 11 is 6.02. The summed E-state index contributed by atoms with van der Waals surface area (Å²) in [4.78, 5) is 15.7. The summed E-state index contributed by atoms with van der Waals surface area (Å²) in [5.41, 5.74) is -0.888. The molecular weight excluding hydrogens is 307 g/mol. The van der Waals surface area contributed by atoms with Crippen LogP contribution >= 0.6 is 11.6 Å². The van der Waals surface area contributed by atoms with Gasteiger partial charge in [0.2, 0.25) is 0 Å². The molecule has 0 radical (unpaired) electrons. The minimum atomic E-state index is -1.61. The van der Waals surface area contributed by atoms with Gasteiger partial charge in [-0.05, 0) is 39.0 Å². The van der Waals surface area contributed by atoms with E-state index < -0.39 is 23.5 Å². The predicted molar refractivity (Wildman–Crippen MR) is 84.0 cm³/mol. The van der Waals surface area contributed by atoms with Gasteiger partial charge in [-0.15, -0.1) is 0 Å². The molecule has 0 aliphatic carbocycles. The maximum Gasteiger partial charge on any atom is 0.412 e. The van der Waals surface area contributed by atoms with E-state index in [2.05, 4.69) is 0 Å². The van der Waals surface area contributed by atoms with E-state index in [1.807, 2.05) is 0 Å². The third-order valence-corrected chi connectivity index (χ3v) is 4.44. The minimum absolute atomic E-state index is 0.245. The van der Waals surface area contributed by atoms with Crippen LogP contribution < -0.4 is 4.90 Å². The number of fused-ring (bicyclic) bond motifs is 3. The molecule has 2 aliphatic rings. The highest BCUT2D eigenvalue weighted by atomic mass is 35.5. The van der Waals surface area contributed by atoms with Gasteiger partial charge in [-0.25, -0.2) is 9.18 Å². The molecule has 2 aliphatic heterocycles. The lowest BCUT2D eigenvalue weighted by atomic mass is 9.95. The zero-order chi connectivity index (χ0) is 16.3. The van der Waals surface area contributed by atoms with Crippen molar-refractivity contribution in [2.75, 3.05) is 18.5 Å². The molecule has 120 valence electrons. The van der Waals surface area contributed by atoms with Crippen LogP contribution in [0.15, 0.2) is 18.2 Å². The molecule has 3 rings (SSSR count). The zero-order valence-corrected chi connectivity index (χ0v) is 13.9. The molecule has 1 fully saturated rings. The highest BCUT2D eigenvalue weighted by Gasteiger charge is 2.59. The number of alkyl halides is 1. The average Bonchev–Trinajstić information content (AvgIpc) is 2.83. The normalized spacial score (nSPS) is 26.9. The molecule has 0 saturated carbocycles. The summed E-state index contributed by atoms with van der Waals surface area (Å²) in [5.74, 6) is 0. The number of carbonyl (C=O) groups excluding carboxylic acids is 1. The Balaban J connectivity index is 1.95. The second-order valence-corrected chi connectivity index (χ2v) is 7.37. The summed E-state index contributed by atoms with van der Waals surface area (Å²) in [6.45, 7) is 5.73. The third-order valence-electron chi connectivity index (χ3n) is 4.20. The van der Waals surface area contributed by atoms with Crippen LogP contribution in [0.5, 0.6) is 0 Å². The monoisotopic (exact) mass is 326 g/mol. The van der Waals surface area contributed by atoms with Crippen molar-refractivity contribution < 1.29 is 13.9 Å². The van der Waals surface area contributed by atoms with Crippen molar-refractivity contribution in [2.45, 2.75) is 44.6 Å². The van der Waals surface area contributed by atoms with E-state index in [0.29, 0.717) is 17.1 Å². The average molecular weight is 327 g/mol. The first-order chi connectivity index (χ1) is 10.1. The molecule has 0 N–H and O–H groups in total. The highest BCUT2D eigenvalue weighted by molar-refractivity contribution is 6.30. The SMILES string of the molecule is CN1c2ccc(Cl)cc2[C@]2(F)CCN(C(=O)OC(C)(C)C)[C@H]12. The Morgan fingerprint density at radius 3 is 2.77 bits per heavy atom. The van der Waals surface area contributed by atoms with Crippen LogP contribution in [-0.4, -0.2) is 36.4 Å². The van der Waals surface area contributed by atoms with Gasteiger partial charge in [0.15, 0.2) is 5.67 Å². The summed E-state index contributed by atoms with van der Waals surface area (Å²) in [6.07, 6.45) is -0.923. The third kappa shape index (κ3) is 2.22. The second kappa shape index (κ2) is 4.75.